The van der Waals surface area contributed by atoms with Gasteiger partial charge < -0.3 is 4.57 Å². The van der Waals surface area contributed by atoms with Gasteiger partial charge in [-0.3, -0.25) is 9.78 Å². The zero-order valence-corrected chi connectivity index (χ0v) is 16.6. The summed E-state index contributed by atoms with van der Waals surface area (Å²) in [6.07, 6.45) is 6.82. The first-order valence-corrected chi connectivity index (χ1v) is 9.53. The molecule has 0 fully saturated rings. The number of rotatable bonds is 4. The summed E-state index contributed by atoms with van der Waals surface area (Å²) in [6.45, 7) is 3.77. The fourth-order valence-electron chi connectivity index (χ4n) is 3.38. The summed E-state index contributed by atoms with van der Waals surface area (Å²) in [4.78, 5) is 25.9. The number of nitriles is 1. The molecule has 0 spiro atoms. The molecule has 146 valence electrons. The molecule has 0 amide bonds. The van der Waals surface area contributed by atoms with Crippen LogP contribution in [-0.2, 0) is 0 Å². The van der Waals surface area contributed by atoms with Gasteiger partial charge in [0, 0.05) is 41.5 Å². The van der Waals surface area contributed by atoms with Crippen LogP contribution in [0, 0.1) is 18.3 Å². The van der Waals surface area contributed by atoms with Crippen LogP contribution in [0.15, 0.2) is 78.1 Å². The molecule has 4 rings (SSSR count). The number of hydrogen-bond donors (Lipinski definition) is 0. The summed E-state index contributed by atoms with van der Waals surface area (Å²) in [6, 6.07) is 16.8. The smallest absolute Gasteiger partial charge is 0.254 e. The minimum absolute atomic E-state index is 0.0657. The van der Waals surface area contributed by atoms with Gasteiger partial charge in [-0.25, -0.2) is 9.97 Å². The number of benzene rings is 1. The number of hydrogen-bond acceptors (Lipinski definition) is 5. The molecule has 0 aliphatic heterocycles. The molecule has 0 aliphatic carbocycles. The number of pyridine rings is 2. The van der Waals surface area contributed by atoms with Crippen molar-refractivity contribution in [2.45, 2.75) is 19.9 Å². The molecular formula is C24H19N5O. The first kappa shape index (κ1) is 19.2. The summed E-state index contributed by atoms with van der Waals surface area (Å²) in [5.74, 6) is 0.640. The van der Waals surface area contributed by atoms with E-state index in [-0.39, 0.29) is 11.6 Å². The van der Waals surface area contributed by atoms with Crippen molar-refractivity contribution in [2.24, 2.45) is 0 Å². The van der Waals surface area contributed by atoms with Crippen LogP contribution in [-0.4, -0.2) is 19.5 Å². The average Bonchev–Trinajstić information content (AvgIpc) is 2.81. The van der Waals surface area contributed by atoms with E-state index in [1.165, 1.54) is 0 Å². The quantitative estimate of drug-likeness (QED) is 0.520. The maximum Gasteiger partial charge on any atom is 0.254 e. The van der Waals surface area contributed by atoms with E-state index in [2.05, 4.69) is 21.0 Å². The predicted molar refractivity (Wildman–Crippen MR) is 115 cm³/mol. The van der Waals surface area contributed by atoms with Crippen molar-refractivity contribution in [1.82, 2.24) is 19.5 Å². The lowest BCUT2D eigenvalue weighted by molar-refractivity contribution is 0.612. The van der Waals surface area contributed by atoms with Crippen molar-refractivity contribution in [2.75, 3.05) is 0 Å². The molecule has 0 aliphatic rings. The topological polar surface area (TPSA) is 84.5 Å². The molecule has 0 N–H and O–H groups in total. The molecule has 6 heteroatoms. The van der Waals surface area contributed by atoms with E-state index in [1.54, 1.807) is 54.5 Å². The molecular weight excluding hydrogens is 374 g/mol. The zero-order chi connectivity index (χ0) is 21.1. The van der Waals surface area contributed by atoms with Crippen molar-refractivity contribution in [3.8, 4) is 28.7 Å². The van der Waals surface area contributed by atoms with E-state index in [1.807, 2.05) is 37.3 Å². The Labute approximate surface area is 174 Å². The van der Waals surface area contributed by atoms with Gasteiger partial charge in [-0.1, -0.05) is 18.2 Å². The highest BCUT2D eigenvalue weighted by Gasteiger charge is 2.15. The number of aromatic nitrogens is 4. The second kappa shape index (κ2) is 8.10. The van der Waals surface area contributed by atoms with E-state index in [9.17, 15) is 10.1 Å². The van der Waals surface area contributed by atoms with E-state index < -0.39 is 0 Å². The van der Waals surface area contributed by atoms with Crippen molar-refractivity contribution in [1.29, 1.82) is 5.26 Å². The first-order valence-electron chi connectivity index (χ1n) is 9.53. The van der Waals surface area contributed by atoms with Crippen LogP contribution in [0.25, 0.3) is 22.6 Å². The molecule has 3 aromatic heterocycles. The van der Waals surface area contributed by atoms with Gasteiger partial charge >= 0.3 is 0 Å². The van der Waals surface area contributed by atoms with Crippen LogP contribution in [0.3, 0.4) is 0 Å². The summed E-state index contributed by atoms with van der Waals surface area (Å²) < 4.78 is 1.70. The van der Waals surface area contributed by atoms with Crippen LogP contribution < -0.4 is 5.56 Å². The monoisotopic (exact) mass is 393 g/mol. The second-order valence-electron chi connectivity index (χ2n) is 7.04. The highest BCUT2D eigenvalue weighted by Crippen LogP contribution is 2.24. The van der Waals surface area contributed by atoms with Crippen LogP contribution in [0.1, 0.15) is 29.7 Å². The first-order chi connectivity index (χ1) is 14.6. The number of nitrogens with zero attached hydrogens (tertiary/aromatic N) is 5. The third-order valence-corrected chi connectivity index (χ3v) is 5.02. The molecule has 4 aromatic rings. The van der Waals surface area contributed by atoms with Gasteiger partial charge in [-0.05, 0) is 49.7 Å². The van der Waals surface area contributed by atoms with Gasteiger partial charge in [0.2, 0.25) is 0 Å². The molecule has 30 heavy (non-hydrogen) atoms. The summed E-state index contributed by atoms with van der Waals surface area (Å²) in [5, 5.41) is 9.18. The van der Waals surface area contributed by atoms with E-state index >= 15 is 0 Å². The maximum atomic E-state index is 12.9. The minimum Gasteiger partial charge on any atom is -0.307 e. The van der Waals surface area contributed by atoms with Crippen molar-refractivity contribution < 1.29 is 0 Å². The molecule has 0 radical (unpaired) electrons. The average molecular weight is 393 g/mol. The Hall–Kier alpha value is -4.11. The van der Waals surface area contributed by atoms with E-state index in [0.29, 0.717) is 22.6 Å². The zero-order valence-electron chi connectivity index (χ0n) is 16.6. The van der Waals surface area contributed by atoms with Crippen molar-refractivity contribution in [3.63, 3.8) is 0 Å². The number of aryl methyl sites for hydroxylation is 1. The molecule has 1 atom stereocenters. The molecule has 1 unspecified atom stereocenters. The van der Waals surface area contributed by atoms with E-state index in [0.717, 1.165) is 16.7 Å². The van der Waals surface area contributed by atoms with Gasteiger partial charge in [0.25, 0.3) is 5.56 Å². The predicted octanol–water partition coefficient (Wildman–Crippen LogP) is 4.16. The lowest BCUT2D eigenvalue weighted by Gasteiger charge is -2.18. The van der Waals surface area contributed by atoms with Gasteiger partial charge in [-0.15, -0.1) is 0 Å². The second-order valence-corrected chi connectivity index (χ2v) is 7.04. The fourth-order valence-corrected chi connectivity index (χ4v) is 3.38. The molecule has 3 heterocycles. The standard InChI is InChI=1S/C24H19N5O/c1-16-11-21(22-12-18(14-25)7-10-26-22)15-29(24(16)30)17(2)19-5-3-6-20(13-19)23-27-8-4-9-28-23/h3-13,15,17H,1-2H3. The molecule has 0 saturated heterocycles. The summed E-state index contributed by atoms with van der Waals surface area (Å²) in [7, 11) is 0. The van der Waals surface area contributed by atoms with E-state index in [4.69, 9.17) is 0 Å². The fraction of sp³-hybridized carbons (Fsp3) is 0.125. The largest absolute Gasteiger partial charge is 0.307 e. The Balaban J connectivity index is 1.78. The van der Waals surface area contributed by atoms with Crippen LogP contribution in [0.4, 0.5) is 0 Å². The molecule has 0 saturated carbocycles. The summed E-state index contributed by atoms with van der Waals surface area (Å²) >= 11 is 0. The third kappa shape index (κ3) is 3.74. The Morgan fingerprint density at radius 2 is 1.77 bits per heavy atom. The SMILES string of the molecule is Cc1cc(-c2cc(C#N)ccn2)cn(C(C)c2cccc(-c3ncccn3)c2)c1=O. The van der Waals surface area contributed by atoms with Crippen molar-refractivity contribution in [3.05, 3.63) is 100 Å². The van der Waals surface area contributed by atoms with Crippen LogP contribution >= 0.6 is 0 Å². The Morgan fingerprint density at radius 1 is 0.967 bits per heavy atom. The lowest BCUT2D eigenvalue weighted by atomic mass is 10.0. The van der Waals surface area contributed by atoms with Gasteiger partial charge in [0.1, 0.15) is 0 Å². The van der Waals surface area contributed by atoms with Crippen molar-refractivity contribution >= 4 is 0 Å². The maximum absolute atomic E-state index is 12.9. The highest BCUT2D eigenvalue weighted by molar-refractivity contribution is 5.61. The van der Waals surface area contributed by atoms with Gasteiger partial charge in [0.05, 0.1) is 23.4 Å². The Bertz CT molecular complexity index is 1310. The molecule has 0 bridgehead atoms. The Morgan fingerprint density at radius 3 is 2.53 bits per heavy atom. The molecule has 6 nitrogen and oxygen atoms in total. The Kier molecular flexibility index (Phi) is 5.19. The van der Waals surface area contributed by atoms with Crippen LogP contribution in [0.2, 0.25) is 0 Å². The van der Waals surface area contributed by atoms with Gasteiger partial charge in [0.15, 0.2) is 5.82 Å². The molecule has 1 aromatic carbocycles. The van der Waals surface area contributed by atoms with Crippen LogP contribution in [0.5, 0.6) is 0 Å². The minimum atomic E-state index is -0.209. The third-order valence-electron chi connectivity index (χ3n) is 5.02. The van der Waals surface area contributed by atoms with Gasteiger partial charge in [-0.2, -0.15) is 5.26 Å². The summed E-state index contributed by atoms with van der Waals surface area (Å²) in [5.41, 5.74) is 4.39. The highest BCUT2D eigenvalue weighted by atomic mass is 16.1. The normalized spacial score (nSPS) is 11.6. The lowest BCUT2D eigenvalue weighted by Crippen LogP contribution is -2.25.